The molecular formula is C17H13N3O5. The van der Waals surface area contributed by atoms with Crippen molar-refractivity contribution in [2.24, 2.45) is 0 Å². The van der Waals surface area contributed by atoms with E-state index < -0.39 is 22.9 Å². The summed E-state index contributed by atoms with van der Waals surface area (Å²) in [4.78, 5) is 28.7. The number of amides is 1. The minimum absolute atomic E-state index is 0.159. The van der Waals surface area contributed by atoms with Crippen LogP contribution < -0.4 is 20.3 Å². The van der Waals surface area contributed by atoms with E-state index in [-0.39, 0.29) is 19.0 Å². The molecule has 2 N–H and O–H groups in total. The van der Waals surface area contributed by atoms with E-state index in [2.05, 4.69) is 10.3 Å². The lowest BCUT2D eigenvalue weighted by Gasteiger charge is -2.08. The Morgan fingerprint density at radius 1 is 1.24 bits per heavy atom. The van der Waals surface area contributed by atoms with Crippen LogP contribution in [0.5, 0.6) is 17.4 Å². The minimum Gasteiger partial charge on any atom is -0.493 e. The number of nitrogens with zero attached hydrogens (tertiary/aromatic N) is 2. The van der Waals surface area contributed by atoms with E-state index in [1.54, 1.807) is 36.4 Å². The van der Waals surface area contributed by atoms with Gasteiger partial charge in [0.05, 0.1) is 0 Å². The Morgan fingerprint density at radius 2 is 2.08 bits per heavy atom. The summed E-state index contributed by atoms with van der Waals surface area (Å²) in [6, 6.07) is 10.2. The van der Waals surface area contributed by atoms with E-state index in [1.165, 1.54) is 10.6 Å². The van der Waals surface area contributed by atoms with Crippen LogP contribution in [-0.2, 0) is 6.54 Å². The summed E-state index contributed by atoms with van der Waals surface area (Å²) in [7, 11) is 0. The second-order valence-corrected chi connectivity index (χ2v) is 5.41. The fourth-order valence-electron chi connectivity index (χ4n) is 2.60. The van der Waals surface area contributed by atoms with Gasteiger partial charge in [0.1, 0.15) is 5.65 Å². The SMILES string of the molecule is O=C(NCc1ccc2c(c1)OCO2)c1c(O)nc2ccccn2c1=O. The van der Waals surface area contributed by atoms with Gasteiger partial charge < -0.3 is 19.9 Å². The highest BCUT2D eigenvalue weighted by molar-refractivity contribution is 5.96. The van der Waals surface area contributed by atoms with Crippen LogP contribution in [0.15, 0.2) is 47.4 Å². The van der Waals surface area contributed by atoms with Gasteiger partial charge in [0, 0.05) is 12.7 Å². The predicted molar refractivity (Wildman–Crippen MR) is 86.9 cm³/mol. The molecular weight excluding hydrogens is 326 g/mol. The van der Waals surface area contributed by atoms with Crippen molar-refractivity contribution in [2.45, 2.75) is 6.54 Å². The van der Waals surface area contributed by atoms with Crippen molar-refractivity contribution in [1.29, 1.82) is 0 Å². The third-order valence-corrected chi connectivity index (χ3v) is 3.83. The molecule has 8 heteroatoms. The van der Waals surface area contributed by atoms with Crippen LogP contribution in [0.1, 0.15) is 15.9 Å². The van der Waals surface area contributed by atoms with Crippen LogP contribution in [-0.4, -0.2) is 27.2 Å². The molecule has 0 bridgehead atoms. The van der Waals surface area contributed by atoms with Crippen molar-refractivity contribution in [2.75, 3.05) is 6.79 Å². The quantitative estimate of drug-likeness (QED) is 0.740. The zero-order valence-electron chi connectivity index (χ0n) is 12.9. The topological polar surface area (TPSA) is 102 Å². The molecule has 0 aliphatic carbocycles. The summed E-state index contributed by atoms with van der Waals surface area (Å²) in [5, 5.41) is 12.6. The molecule has 0 unspecified atom stereocenters. The number of benzene rings is 1. The van der Waals surface area contributed by atoms with Crippen LogP contribution >= 0.6 is 0 Å². The molecule has 3 heterocycles. The monoisotopic (exact) mass is 339 g/mol. The van der Waals surface area contributed by atoms with Crippen molar-refractivity contribution in [3.63, 3.8) is 0 Å². The van der Waals surface area contributed by atoms with E-state index in [1.807, 2.05) is 0 Å². The number of hydrogen-bond donors (Lipinski definition) is 2. The van der Waals surface area contributed by atoms with Gasteiger partial charge in [0.25, 0.3) is 11.5 Å². The molecule has 1 aliphatic heterocycles. The molecule has 0 fully saturated rings. The molecule has 4 rings (SSSR count). The van der Waals surface area contributed by atoms with Crippen molar-refractivity contribution in [1.82, 2.24) is 14.7 Å². The largest absolute Gasteiger partial charge is 0.493 e. The maximum Gasteiger partial charge on any atom is 0.274 e. The summed E-state index contributed by atoms with van der Waals surface area (Å²) in [5.74, 6) is -0.0583. The standard InChI is InChI=1S/C17H13N3O5/c21-15(18-8-10-4-5-11-12(7-10)25-9-24-11)14-16(22)19-13-3-1-2-6-20(13)17(14)23/h1-7,22H,8-9H2,(H,18,21). The smallest absolute Gasteiger partial charge is 0.274 e. The number of nitrogens with one attached hydrogen (secondary N) is 1. The molecule has 0 radical (unpaired) electrons. The highest BCUT2D eigenvalue weighted by Gasteiger charge is 2.20. The first kappa shape index (κ1) is 15.0. The summed E-state index contributed by atoms with van der Waals surface area (Å²) in [6.45, 7) is 0.324. The molecule has 0 spiro atoms. The molecule has 1 amide bonds. The van der Waals surface area contributed by atoms with E-state index in [0.717, 1.165) is 5.56 Å². The van der Waals surface area contributed by atoms with E-state index in [4.69, 9.17) is 9.47 Å². The number of aromatic hydroxyl groups is 1. The summed E-state index contributed by atoms with van der Waals surface area (Å²) < 4.78 is 11.7. The number of hydrogen-bond acceptors (Lipinski definition) is 6. The van der Waals surface area contributed by atoms with Crippen molar-refractivity contribution < 1.29 is 19.4 Å². The third-order valence-electron chi connectivity index (χ3n) is 3.83. The molecule has 1 aromatic carbocycles. The van der Waals surface area contributed by atoms with Crippen LogP contribution in [0, 0.1) is 0 Å². The highest BCUT2D eigenvalue weighted by atomic mass is 16.7. The molecule has 0 saturated carbocycles. The first-order valence-corrected chi connectivity index (χ1v) is 7.50. The number of fused-ring (bicyclic) bond motifs is 2. The Morgan fingerprint density at radius 3 is 2.96 bits per heavy atom. The predicted octanol–water partition coefficient (Wildman–Crippen LogP) is 1.06. The molecule has 0 saturated heterocycles. The molecule has 25 heavy (non-hydrogen) atoms. The van der Waals surface area contributed by atoms with Gasteiger partial charge in [-0.25, -0.2) is 0 Å². The highest BCUT2D eigenvalue weighted by Crippen LogP contribution is 2.32. The normalized spacial score (nSPS) is 12.3. The second kappa shape index (κ2) is 5.82. The Balaban J connectivity index is 1.59. The van der Waals surface area contributed by atoms with Gasteiger partial charge >= 0.3 is 0 Å². The maximum atomic E-state index is 12.4. The van der Waals surface area contributed by atoms with Gasteiger partial charge in [-0.1, -0.05) is 12.1 Å². The number of carbonyl (C=O) groups is 1. The molecule has 0 atom stereocenters. The molecule has 1 aliphatic rings. The Bertz CT molecular complexity index is 1040. The number of aromatic nitrogens is 2. The average Bonchev–Trinajstić information content (AvgIpc) is 3.07. The van der Waals surface area contributed by atoms with E-state index in [9.17, 15) is 14.7 Å². The Kier molecular flexibility index (Phi) is 3.50. The first-order valence-electron chi connectivity index (χ1n) is 7.50. The van der Waals surface area contributed by atoms with Gasteiger partial charge in [-0.15, -0.1) is 0 Å². The summed E-state index contributed by atoms with van der Waals surface area (Å²) >= 11 is 0. The van der Waals surface area contributed by atoms with Gasteiger partial charge in [-0.2, -0.15) is 4.98 Å². The van der Waals surface area contributed by atoms with Crippen LogP contribution in [0.25, 0.3) is 5.65 Å². The van der Waals surface area contributed by atoms with Crippen molar-refractivity contribution in [3.8, 4) is 17.4 Å². The summed E-state index contributed by atoms with van der Waals surface area (Å²) in [5.41, 5.74) is -0.000934. The minimum atomic E-state index is -0.703. The zero-order chi connectivity index (χ0) is 17.4. The number of carbonyl (C=O) groups excluding carboxylic acids is 1. The van der Waals surface area contributed by atoms with Crippen LogP contribution in [0.4, 0.5) is 0 Å². The molecule has 3 aromatic rings. The van der Waals surface area contributed by atoms with Crippen LogP contribution in [0.2, 0.25) is 0 Å². The molecule has 2 aromatic heterocycles. The lowest BCUT2D eigenvalue weighted by atomic mass is 10.2. The van der Waals surface area contributed by atoms with E-state index in [0.29, 0.717) is 11.5 Å². The number of ether oxygens (including phenoxy) is 2. The Hall–Kier alpha value is -3.55. The Labute approximate surface area is 141 Å². The number of pyridine rings is 1. The molecule has 126 valence electrons. The third kappa shape index (κ3) is 2.63. The molecule has 8 nitrogen and oxygen atoms in total. The van der Waals surface area contributed by atoms with Crippen LogP contribution in [0.3, 0.4) is 0 Å². The van der Waals surface area contributed by atoms with Crippen molar-refractivity contribution in [3.05, 3.63) is 64.1 Å². The second-order valence-electron chi connectivity index (χ2n) is 5.41. The average molecular weight is 339 g/mol. The lowest BCUT2D eigenvalue weighted by Crippen LogP contribution is -2.31. The fourth-order valence-corrected chi connectivity index (χ4v) is 2.60. The maximum absolute atomic E-state index is 12.4. The van der Waals surface area contributed by atoms with Crippen molar-refractivity contribution >= 4 is 11.6 Å². The summed E-state index contributed by atoms with van der Waals surface area (Å²) in [6.07, 6.45) is 1.48. The van der Waals surface area contributed by atoms with Gasteiger partial charge in [0.2, 0.25) is 12.7 Å². The van der Waals surface area contributed by atoms with Gasteiger partial charge in [0.15, 0.2) is 17.1 Å². The number of rotatable bonds is 3. The van der Waals surface area contributed by atoms with E-state index >= 15 is 0 Å². The van der Waals surface area contributed by atoms with Gasteiger partial charge in [-0.05, 0) is 29.8 Å². The fraction of sp³-hybridized carbons (Fsp3) is 0.118. The zero-order valence-corrected chi connectivity index (χ0v) is 12.9. The lowest BCUT2D eigenvalue weighted by molar-refractivity contribution is 0.0945. The van der Waals surface area contributed by atoms with Gasteiger partial charge in [-0.3, -0.25) is 14.0 Å². The first-order chi connectivity index (χ1) is 12.1.